The monoisotopic (exact) mass is 485 g/mol. The summed E-state index contributed by atoms with van der Waals surface area (Å²) in [7, 11) is 1.53. The Kier molecular flexibility index (Phi) is 7.20. The van der Waals surface area contributed by atoms with Gasteiger partial charge < -0.3 is 14.6 Å². The van der Waals surface area contributed by atoms with E-state index in [9.17, 15) is 19.5 Å². The SMILES string of the molecule is CCCOC(=O)c1cccc(N2C(=O)C(=O)/C(=C(/O)c3ccc(OC)cc3)C2c2cccc(C)c2)c1. The largest absolute Gasteiger partial charge is 0.507 e. The van der Waals surface area contributed by atoms with Crippen molar-refractivity contribution in [3.05, 3.63) is 101 Å². The van der Waals surface area contributed by atoms with E-state index in [1.54, 1.807) is 48.5 Å². The number of benzene rings is 3. The first-order chi connectivity index (χ1) is 17.3. The van der Waals surface area contributed by atoms with Crippen LogP contribution in [0, 0.1) is 6.92 Å². The van der Waals surface area contributed by atoms with Crippen molar-refractivity contribution in [2.75, 3.05) is 18.6 Å². The Labute approximate surface area is 209 Å². The topological polar surface area (TPSA) is 93.1 Å². The van der Waals surface area contributed by atoms with E-state index in [1.807, 2.05) is 32.0 Å². The number of anilines is 1. The lowest BCUT2D eigenvalue weighted by Crippen LogP contribution is -2.29. The lowest BCUT2D eigenvalue weighted by Gasteiger charge is -2.26. The summed E-state index contributed by atoms with van der Waals surface area (Å²) in [6.07, 6.45) is 0.679. The van der Waals surface area contributed by atoms with Crippen LogP contribution in [-0.4, -0.2) is 36.5 Å². The van der Waals surface area contributed by atoms with Crippen molar-refractivity contribution in [2.24, 2.45) is 0 Å². The van der Waals surface area contributed by atoms with Gasteiger partial charge in [-0.15, -0.1) is 0 Å². The third-order valence-corrected chi connectivity index (χ3v) is 5.96. The van der Waals surface area contributed by atoms with Gasteiger partial charge in [0.25, 0.3) is 11.7 Å². The van der Waals surface area contributed by atoms with Crippen LogP contribution in [0.25, 0.3) is 5.76 Å². The van der Waals surface area contributed by atoms with Gasteiger partial charge >= 0.3 is 5.97 Å². The van der Waals surface area contributed by atoms with Crippen LogP contribution in [0.4, 0.5) is 5.69 Å². The maximum atomic E-state index is 13.4. The molecule has 1 amide bonds. The number of Topliss-reactive ketones (excluding diaryl/α,β-unsaturated/α-hetero) is 1. The fraction of sp³-hybridized carbons (Fsp3) is 0.207. The second kappa shape index (κ2) is 10.5. The fourth-order valence-corrected chi connectivity index (χ4v) is 4.22. The second-order valence-electron chi connectivity index (χ2n) is 8.50. The number of carbonyl (C=O) groups is 3. The van der Waals surface area contributed by atoms with E-state index in [4.69, 9.17) is 9.47 Å². The minimum absolute atomic E-state index is 0.0327. The van der Waals surface area contributed by atoms with Crippen molar-refractivity contribution in [1.29, 1.82) is 0 Å². The molecule has 0 aromatic heterocycles. The predicted molar refractivity (Wildman–Crippen MR) is 136 cm³/mol. The predicted octanol–water partition coefficient (Wildman–Crippen LogP) is 5.20. The number of hydrogen-bond donors (Lipinski definition) is 1. The number of ketones is 1. The Morgan fingerprint density at radius 2 is 1.69 bits per heavy atom. The molecule has 1 aliphatic rings. The summed E-state index contributed by atoms with van der Waals surface area (Å²) >= 11 is 0. The number of aliphatic hydroxyl groups excluding tert-OH is 1. The lowest BCUT2D eigenvalue weighted by molar-refractivity contribution is -0.132. The van der Waals surface area contributed by atoms with Gasteiger partial charge in [-0.05, 0) is 61.4 Å². The summed E-state index contributed by atoms with van der Waals surface area (Å²) in [4.78, 5) is 40.5. The van der Waals surface area contributed by atoms with Crippen molar-refractivity contribution in [3.63, 3.8) is 0 Å². The maximum Gasteiger partial charge on any atom is 0.338 e. The van der Waals surface area contributed by atoms with Gasteiger partial charge in [-0.3, -0.25) is 14.5 Å². The molecular formula is C29H27NO6. The van der Waals surface area contributed by atoms with Gasteiger partial charge in [-0.25, -0.2) is 4.79 Å². The standard InChI is InChI=1S/C29H27NO6/c1-4-15-36-29(34)21-9-6-10-22(17-21)30-25(20-8-5-7-18(2)16-20)24(27(32)28(30)33)26(31)19-11-13-23(35-3)14-12-19/h5-14,16-17,25,31H,4,15H2,1-3H3/b26-24+. The summed E-state index contributed by atoms with van der Waals surface area (Å²) in [5, 5.41) is 11.2. The highest BCUT2D eigenvalue weighted by molar-refractivity contribution is 6.51. The van der Waals surface area contributed by atoms with Gasteiger partial charge in [-0.1, -0.05) is 42.8 Å². The number of aliphatic hydroxyl groups is 1. The zero-order valence-electron chi connectivity index (χ0n) is 20.4. The van der Waals surface area contributed by atoms with Crippen LogP contribution in [0.2, 0.25) is 0 Å². The van der Waals surface area contributed by atoms with Crippen LogP contribution in [0.3, 0.4) is 0 Å². The number of rotatable bonds is 7. The first kappa shape index (κ1) is 24.7. The Hall–Kier alpha value is -4.39. The van der Waals surface area contributed by atoms with Gasteiger partial charge in [0.1, 0.15) is 11.5 Å². The van der Waals surface area contributed by atoms with Gasteiger partial charge in [-0.2, -0.15) is 0 Å². The molecule has 36 heavy (non-hydrogen) atoms. The average Bonchev–Trinajstić information content (AvgIpc) is 3.17. The summed E-state index contributed by atoms with van der Waals surface area (Å²) < 4.78 is 10.4. The lowest BCUT2D eigenvalue weighted by atomic mass is 9.94. The molecule has 1 saturated heterocycles. The number of nitrogens with zero attached hydrogens (tertiary/aromatic N) is 1. The molecule has 0 radical (unpaired) electrons. The van der Waals surface area contributed by atoms with Crippen molar-refractivity contribution in [2.45, 2.75) is 26.3 Å². The van der Waals surface area contributed by atoms with Crippen LogP contribution in [0.15, 0.2) is 78.4 Å². The molecule has 0 saturated carbocycles. The first-order valence-corrected chi connectivity index (χ1v) is 11.6. The molecular weight excluding hydrogens is 458 g/mol. The Morgan fingerprint density at radius 3 is 2.36 bits per heavy atom. The molecule has 1 fully saturated rings. The molecule has 1 atom stereocenters. The van der Waals surface area contributed by atoms with E-state index < -0.39 is 23.7 Å². The third-order valence-electron chi connectivity index (χ3n) is 5.96. The smallest absolute Gasteiger partial charge is 0.338 e. The molecule has 1 aliphatic heterocycles. The highest BCUT2D eigenvalue weighted by Gasteiger charge is 2.47. The zero-order chi connectivity index (χ0) is 25.8. The van der Waals surface area contributed by atoms with Crippen molar-refractivity contribution in [1.82, 2.24) is 0 Å². The minimum atomic E-state index is -0.895. The fourth-order valence-electron chi connectivity index (χ4n) is 4.22. The van der Waals surface area contributed by atoms with Crippen LogP contribution >= 0.6 is 0 Å². The Bertz CT molecular complexity index is 1340. The first-order valence-electron chi connectivity index (χ1n) is 11.6. The van der Waals surface area contributed by atoms with E-state index in [1.165, 1.54) is 18.1 Å². The minimum Gasteiger partial charge on any atom is -0.507 e. The Balaban J connectivity index is 1.87. The van der Waals surface area contributed by atoms with Gasteiger partial charge in [0.15, 0.2) is 0 Å². The number of amides is 1. The van der Waals surface area contributed by atoms with E-state index >= 15 is 0 Å². The van der Waals surface area contributed by atoms with Crippen molar-refractivity contribution in [3.8, 4) is 5.75 Å². The van der Waals surface area contributed by atoms with Crippen molar-refractivity contribution >= 4 is 29.1 Å². The normalized spacial score (nSPS) is 16.8. The van der Waals surface area contributed by atoms with E-state index in [-0.39, 0.29) is 23.5 Å². The number of esters is 1. The van der Waals surface area contributed by atoms with Crippen LogP contribution in [0.1, 0.15) is 46.4 Å². The van der Waals surface area contributed by atoms with E-state index in [2.05, 4.69) is 0 Å². The Morgan fingerprint density at radius 1 is 0.972 bits per heavy atom. The molecule has 4 rings (SSSR count). The maximum absolute atomic E-state index is 13.4. The molecule has 0 bridgehead atoms. The van der Waals surface area contributed by atoms with Gasteiger partial charge in [0.2, 0.25) is 0 Å². The number of carbonyl (C=O) groups excluding carboxylic acids is 3. The molecule has 0 spiro atoms. The molecule has 1 N–H and O–H groups in total. The van der Waals surface area contributed by atoms with Crippen LogP contribution in [0.5, 0.6) is 5.75 Å². The average molecular weight is 486 g/mol. The summed E-state index contributed by atoms with van der Waals surface area (Å²) in [5.74, 6) is -1.82. The molecule has 7 nitrogen and oxygen atoms in total. The molecule has 1 heterocycles. The molecule has 7 heteroatoms. The van der Waals surface area contributed by atoms with Gasteiger partial charge in [0.05, 0.1) is 30.9 Å². The molecule has 3 aromatic rings. The van der Waals surface area contributed by atoms with Crippen LogP contribution in [-0.2, 0) is 14.3 Å². The highest BCUT2D eigenvalue weighted by atomic mass is 16.5. The zero-order valence-corrected chi connectivity index (χ0v) is 20.4. The third kappa shape index (κ3) is 4.73. The summed E-state index contributed by atoms with van der Waals surface area (Å²) in [5.41, 5.74) is 2.55. The highest BCUT2D eigenvalue weighted by Crippen LogP contribution is 2.42. The van der Waals surface area contributed by atoms with Crippen LogP contribution < -0.4 is 9.64 Å². The molecule has 184 valence electrons. The number of hydrogen-bond acceptors (Lipinski definition) is 6. The molecule has 0 aliphatic carbocycles. The van der Waals surface area contributed by atoms with E-state index in [0.717, 1.165) is 5.56 Å². The summed E-state index contributed by atoms with van der Waals surface area (Å²) in [6.45, 7) is 4.08. The number of ether oxygens (including phenoxy) is 2. The quantitative estimate of drug-likeness (QED) is 0.214. The van der Waals surface area contributed by atoms with E-state index in [0.29, 0.717) is 29.0 Å². The summed E-state index contributed by atoms with van der Waals surface area (Å²) in [6, 6.07) is 19.5. The van der Waals surface area contributed by atoms with Gasteiger partial charge in [0, 0.05) is 11.3 Å². The molecule has 1 unspecified atom stereocenters. The van der Waals surface area contributed by atoms with Crippen molar-refractivity contribution < 1.29 is 29.0 Å². The number of methoxy groups -OCH3 is 1. The number of aryl methyl sites for hydroxylation is 1. The molecule has 3 aromatic carbocycles. The second-order valence-corrected chi connectivity index (χ2v) is 8.50.